The van der Waals surface area contributed by atoms with E-state index in [9.17, 15) is 8.42 Å². The number of hydrogen-bond acceptors (Lipinski definition) is 5. The number of nitrogens with one attached hydrogen (secondary N) is 1. The fourth-order valence-electron chi connectivity index (χ4n) is 2.13. The number of rotatable bonds is 5. The smallest absolute Gasteiger partial charge is 0.211 e. The maximum absolute atomic E-state index is 11.3. The monoisotopic (exact) mass is 273 g/mol. The largest absolute Gasteiger partial charge is 0.312 e. The van der Waals surface area contributed by atoms with Crippen molar-refractivity contribution in [3.05, 3.63) is 12.4 Å². The zero-order chi connectivity index (χ0) is 13.0. The molecule has 1 aromatic heterocycles. The van der Waals surface area contributed by atoms with Gasteiger partial charge in [0.2, 0.25) is 10.0 Å². The zero-order valence-electron chi connectivity index (χ0n) is 10.5. The average Bonchev–Trinajstić information content (AvgIpc) is 2.82. The molecule has 1 aliphatic heterocycles. The number of piperidine rings is 1. The Morgan fingerprint density at radius 2 is 2.11 bits per heavy atom. The van der Waals surface area contributed by atoms with Crippen LogP contribution in [0.1, 0.15) is 12.8 Å². The van der Waals surface area contributed by atoms with Crippen molar-refractivity contribution in [1.29, 1.82) is 0 Å². The van der Waals surface area contributed by atoms with Crippen molar-refractivity contribution in [2.45, 2.75) is 25.4 Å². The molecule has 0 atom stereocenters. The van der Waals surface area contributed by atoms with Crippen molar-refractivity contribution in [3.8, 4) is 0 Å². The van der Waals surface area contributed by atoms with Gasteiger partial charge in [0, 0.05) is 31.9 Å². The summed E-state index contributed by atoms with van der Waals surface area (Å²) in [5.41, 5.74) is 0. The Labute approximate surface area is 107 Å². The molecule has 0 saturated carbocycles. The third-order valence-corrected chi connectivity index (χ3v) is 4.47. The van der Waals surface area contributed by atoms with Crippen LogP contribution < -0.4 is 5.32 Å². The Morgan fingerprint density at radius 3 is 2.67 bits per heavy atom. The van der Waals surface area contributed by atoms with Gasteiger partial charge in [-0.15, -0.1) is 5.10 Å². The first-order valence-electron chi connectivity index (χ1n) is 6.08. The average molecular weight is 273 g/mol. The van der Waals surface area contributed by atoms with Gasteiger partial charge in [0.15, 0.2) is 0 Å². The normalized spacial score (nSPS) is 19.2. The van der Waals surface area contributed by atoms with E-state index in [0.717, 1.165) is 25.9 Å². The molecule has 7 nitrogen and oxygen atoms in total. The summed E-state index contributed by atoms with van der Waals surface area (Å²) in [6, 6.07) is 0.395. The van der Waals surface area contributed by atoms with E-state index in [1.807, 2.05) is 6.20 Å². The lowest BCUT2D eigenvalue weighted by atomic mass is 10.1. The molecular formula is C10H19N5O2S. The highest BCUT2D eigenvalue weighted by atomic mass is 32.2. The second-order valence-corrected chi connectivity index (χ2v) is 6.54. The predicted molar refractivity (Wildman–Crippen MR) is 67.5 cm³/mol. The van der Waals surface area contributed by atoms with Gasteiger partial charge in [0.1, 0.15) is 0 Å². The van der Waals surface area contributed by atoms with Crippen molar-refractivity contribution in [3.63, 3.8) is 0 Å². The lowest BCUT2D eigenvalue weighted by Crippen LogP contribution is -2.45. The quantitative estimate of drug-likeness (QED) is 0.767. The van der Waals surface area contributed by atoms with E-state index in [4.69, 9.17) is 0 Å². The highest BCUT2D eigenvalue weighted by Crippen LogP contribution is 2.12. The number of aromatic nitrogens is 3. The van der Waals surface area contributed by atoms with Crippen LogP contribution in [0.2, 0.25) is 0 Å². The van der Waals surface area contributed by atoms with Gasteiger partial charge in [0.05, 0.1) is 19.0 Å². The lowest BCUT2D eigenvalue weighted by molar-refractivity contribution is 0.288. The fourth-order valence-corrected chi connectivity index (χ4v) is 3.00. The number of hydrogen-bond donors (Lipinski definition) is 1. The SMILES string of the molecule is CS(=O)(=O)N1CCC(NCCn2ccnn2)CC1. The maximum Gasteiger partial charge on any atom is 0.211 e. The molecule has 102 valence electrons. The standard InChI is InChI=1S/C10H19N5O2S/c1-18(16,17)15-6-2-10(3-7-15)11-4-8-14-9-5-12-13-14/h5,9-11H,2-4,6-8H2,1H3. The first kappa shape index (κ1) is 13.4. The van der Waals surface area contributed by atoms with E-state index in [1.165, 1.54) is 6.26 Å². The molecule has 2 rings (SSSR count). The Hall–Kier alpha value is -0.990. The molecule has 1 N–H and O–H groups in total. The summed E-state index contributed by atoms with van der Waals surface area (Å²) < 4.78 is 26.0. The van der Waals surface area contributed by atoms with Crippen LogP contribution in [0.25, 0.3) is 0 Å². The summed E-state index contributed by atoms with van der Waals surface area (Å²) in [6.45, 7) is 2.83. The number of sulfonamides is 1. The summed E-state index contributed by atoms with van der Waals surface area (Å²) in [7, 11) is -3.02. The van der Waals surface area contributed by atoms with E-state index in [2.05, 4.69) is 15.6 Å². The topological polar surface area (TPSA) is 80.1 Å². The molecule has 0 bridgehead atoms. The first-order chi connectivity index (χ1) is 8.55. The van der Waals surface area contributed by atoms with Crippen LogP contribution in [0.15, 0.2) is 12.4 Å². The van der Waals surface area contributed by atoms with Gasteiger partial charge in [0.25, 0.3) is 0 Å². The third kappa shape index (κ3) is 3.76. The van der Waals surface area contributed by atoms with Gasteiger partial charge in [-0.3, -0.25) is 4.68 Å². The van der Waals surface area contributed by atoms with E-state index in [-0.39, 0.29) is 0 Å². The first-order valence-corrected chi connectivity index (χ1v) is 7.93. The van der Waals surface area contributed by atoms with E-state index < -0.39 is 10.0 Å². The highest BCUT2D eigenvalue weighted by molar-refractivity contribution is 7.88. The minimum atomic E-state index is -3.02. The van der Waals surface area contributed by atoms with E-state index in [0.29, 0.717) is 19.1 Å². The molecule has 2 heterocycles. The second-order valence-electron chi connectivity index (χ2n) is 4.56. The summed E-state index contributed by atoms with van der Waals surface area (Å²) in [5.74, 6) is 0. The Balaban J connectivity index is 1.68. The van der Waals surface area contributed by atoms with Crippen molar-refractivity contribution in [2.24, 2.45) is 0 Å². The van der Waals surface area contributed by atoms with Gasteiger partial charge in [-0.05, 0) is 12.8 Å². The van der Waals surface area contributed by atoms with Gasteiger partial charge >= 0.3 is 0 Å². The zero-order valence-corrected chi connectivity index (χ0v) is 11.3. The molecule has 1 saturated heterocycles. The summed E-state index contributed by atoms with van der Waals surface area (Å²) in [4.78, 5) is 0. The molecule has 0 unspecified atom stereocenters. The second kappa shape index (κ2) is 5.77. The van der Waals surface area contributed by atoms with Crippen molar-refractivity contribution in [2.75, 3.05) is 25.9 Å². The van der Waals surface area contributed by atoms with Crippen LogP contribution in [0.5, 0.6) is 0 Å². The van der Waals surface area contributed by atoms with Gasteiger partial charge < -0.3 is 5.32 Å². The molecule has 0 radical (unpaired) electrons. The molecule has 1 fully saturated rings. The Morgan fingerprint density at radius 1 is 1.39 bits per heavy atom. The fraction of sp³-hybridized carbons (Fsp3) is 0.800. The lowest BCUT2D eigenvalue weighted by Gasteiger charge is -2.30. The maximum atomic E-state index is 11.3. The molecule has 0 aliphatic carbocycles. The third-order valence-electron chi connectivity index (χ3n) is 3.17. The molecular weight excluding hydrogens is 254 g/mol. The molecule has 1 aromatic rings. The van der Waals surface area contributed by atoms with E-state index in [1.54, 1.807) is 15.2 Å². The van der Waals surface area contributed by atoms with Crippen LogP contribution in [-0.4, -0.2) is 59.6 Å². The van der Waals surface area contributed by atoms with Crippen LogP contribution in [0.4, 0.5) is 0 Å². The Bertz CT molecular complexity index is 451. The summed E-state index contributed by atoms with van der Waals surface area (Å²) >= 11 is 0. The molecule has 1 aliphatic rings. The number of nitrogens with zero attached hydrogens (tertiary/aromatic N) is 4. The summed E-state index contributed by atoms with van der Waals surface area (Å²) in [5, 5.41) is 11.0. The van der Waals surface area contributed by atoms with Crippen LogP contribution in [0.3, 0.4) is 0 Å². The molecule has 0 aromatic carbocycles. The van der Waals surface area contributed by atoms with Gasteiger partial charge in [-0.1, -0.05) is 5.21 Å². The predicted octanol–water partition coefficient (Wildman–Crippen LogP) is -0.708. The van der Waals surface area contributed by atoms with Crippen molar-refractivity contribution >= 4 is 10.0 Å². The summed E-state index contributed by atoms with van der Waals surface area (Å²) in [6.07, 6.45) is 6.48. The van der Waals surface area contributed by atoms with Gasteiger partial charge in [-0.2, -0.15) is 0 Å². The van der Waals surface area contributed by atoms with Crippen molar-refractivity contribution < 1.29 is 8.42 Å². The minimum absolute atomic E-state index is 0.395. The Kier molecular flexibility index (Phi) is 4.31. The molecule has 0 amide bonds. The van der Waals surface area contributed by atoms with Gasteiger partial charge in [-0.25, -0.2) is 12.7 Å². The molecule has 18 heavy (non-hydrogen) atoms. The highest BCUT2D eigenvalue weighted by Gasteiger charge is 2.24. The molecule has 8 heteroatoms. The van der Waals surface area contributed by atoms with Crippen LogP contribution in [0, 0.1) is 0 Å². The minimum Gasteiger partial charge on any atom is -0.312 e. The van der Waals surface area contributed by atoms with Crippen LogP contribution in [-0.2, 0) is 16.6 Å². The molecule has 0 spiro atoms. The van der Waals surface area contributed by atoms with E-state index >= 15 is 0 Å². The van der Waals surface area contributed by atoms with Crippen LogP contribution >= 0.6 is 0 Å². The van der Waals surface area contributed by atoms with Crippen molar-refractivity contribution in [1.82, 2.24) is 24.6 Å².